The highest BCUT2D eigenvalue weighted by Gasteiger charge is 2.35. The zero-order valence-corrected chi connectivity index (χ0v) is 14.3. The molecule has 2 unspecified atom stereocenters. The van der Waals surface area contributed by atoms with E-state index >= 15 is 0 Å². The van der Waals surface area contributed by atoms with Crippen molar-refractivity contribution in [3.63, 3.8) is 0 Å². The second-order valence-electron chi connectivity index (χ2n) is 6.53. The van der Waals surface area contributed by atoms with E-state index < -0.39 is 20.9 Å². The van der Waals surface area contributed by atoms with E-state index in [0.29, 0.717) is 19.4 Å². The number of piperidine rings is 1. The molecule has 2 atom stereocenters. The molecule has 1 fully saturated rings. The van der Waals surface area contributed by atoms with Crippen molar-refractivity contribution in [2.75, 3.05) is 13.1 Å². The van der Waals surface area contributed by atoms with Gasteiger partial charge < -0.3 is 4.90 Å². The van der Waals surface area contributed by atoms with Gasteiger partial charge in [-0.05, 0) is 56.4 Å². The Kier molecular flexibility index (Phi) is 5.04. The summed E-state index contributed by atoms with van der Waals surface area (Å²) in [4.78, 5) is 14.5. The van der Waals surface area contributed by atoms with Crippen LogP contribution in [0.1, 0.15) is 32.1 Å². The minimum Gasteiger partial charge on any atom is -0.341 e. The van der Waals surface area contributed by atoms with E-state index in [1.54, 1.807) is 4.90 Å². The lowest BCUT2D eigenvalue weighted by Gasteiger charge is -2.35. The maximum atomic E-state index is 13.0. The lowest BCUT2D eigenvalue weighted by Crippen LogP contribution is -2.47. The molecule has 3 rings (SSSR count). The first-order valence-electron chi connectivity index (χ1n) is 8.42. The van der Waals surface area contributed by atoms with Crippen LogP contribution in [0.2, 0.25) is 0 Å². The van der Waals surface area contributed by atoms with Crippen LogP contribution in [0, 0.1) is 11.7 Å². The third kappa shape index (κ3) is 3.53. The standard InChI is InChI=1S/C18H22FNO3S/c19-15-8-10-16(11-9-15)24(22,23)17-7-4-12-20(13-17)18(21)14-5-2-1-3-6-14/h1-2,8-11,14,17H,3-7,12-13H2. The van der Waals surface area contributed by atoms with Gasteiger partial charge in [0.25, 0.3) is 0 Å². The van der Waals surface area contributed by atoms with Crippen LogP contribution in [0.3, 0.4) is 0 Å². The minimum atomic E-state index is -3.55. The average molecular weight is 351 g/mol. The molecule has 1 amide bonds. The van der Waals surface area contributed by atoms with Crippen LogP contribution in [0.5, 0.6) is 0 Å². The molecule has 0 radical (unpaired) electrons. The minimum absolute atomic E-state index is 0.0257. The Bertz CT molecular complexity index is 727. The molecule has 1 aromatic rings. The molecule has 0 N–H and O–H groups in total. The first-order valence-corrected chi connectivity index (χ1v) is 9.96. The van der Waals surface area contributed by atoms with E-state index in [-0.39, 0.29) is 23.3 Å². The Hall–Kier alpha value is -1.69. The molecule has 1 aliphatic heterocycles. The lowest BCUT2D eigenvalue weighted by molar-refractivity contribution is -0.136. The van der Waals surface area contributed by atoms with Crippen LogP contribution in [-0.2, 0) is 14.6 Å². The number of carbonyl (C=O) groups excluding carboxylic acids is 1. The quantitative estimate of drug-likeness (QED) is 0.621. The van der Waals surface area contributed by atoms with Gasteiger partial charge in [-0.3, -0.25) is 4.79 Å². The van der Waals surface area contributed by atoms with Gasteiger partial charge in [-0.2, -0.15) is 0 Å². The Labute approximate surface area is 142 Å². The van der Waals surface area contributed by atoms with Crippen molar-refractivity contribution in [2.24, 2.45) is 5.92 Å². The maximum absolute atomic E-state index is 13.0. The number of nitrogens with zero attached hydrogens (tertiary/aromatic N) is 1. The largest absolute Gasteiger partial charge is 0.341 e. The zero-order valence-electron chi connectivity index (χ0n) is 13.5. The number of allylic oxidation sites excluding steroid dienone is 2. The highest BCUT2D eigenvalue weighted by molar-refractivity contribution is 7.92. The van der Waals surface area contributed by atoms with E-state index in [4.69, 9.17) is 0 Å². The van der Waals surface area contributed by atoms with Crippen LogP contribution in [-0.4, -0.2) is 37.6 Å². The van der Waals surface area contributed by atoms with Crippen LogP contribution in [0.15, 0.2) is 41.3 Å². The van der Waals surface area contributed by atoms with E-state index in [1.807, 2.05) is 6.08 Å². The first-order chi connectivity index (χ1) is 11.5. The van der Waals surface area contributed by atoms with Gasteiger partial charge >= 0.3 is 0 Å². The fourth-order valence-corrected chi connectivity index (χ4v) is 5.24. The molecule has 4 nitrogen and oxygen atoms in total. The Morgan fingerprint density at radius 3 is 2.54 bits per heavy atom. The number of halogens is 1. The number of sulfone groups is 1. The number of hydrogen-bond acceptors (Lipinski definition) is 3. The molecule has 0 spiro atoms. The number of amides is 1. The second kappa shape index (κ2) is 7.05. The lowest BCUT2D eigenvalue weighted by atomic mass is 9.92. The molecule has 130 valence electrons. The summed E-state index contributed by atoms with van der Waals surface area (Å²) in [5.74, 6) is -0.416. The molecule has 1 saturated heterocycles. The van der Waals surface area contributed by atoms with E-state index in [9.17, 15) is 17.6 Å². The van der Waals surface area contributed by atoms with E-state index in [0.717, 1.165) is 31.4 Å². The van der Waals surface area contributed by atoms with Crippen molar-refractivity contribution in [3.8, 4) is 0 Å². The predicted octanol–water partition coefficient (Wildman–Crippen LogP) is 2.95. The summed E-state index contributed by atoms with van der Waals surface area (Å²) < 4.78 is 38.6. The summed E-state index contributed by atoms with van der Waals surface area (Å²) in [6.45, 7) is 0.854. The summed E-state index contributed by atoms with van der Waals surface area (Å²) in [6, 6.07) is 4.93. The topological polar surface area (TPSA) is 54.5 Å². The fraction of sp³-hybridized carbons (Fsp3) is 0.500. The number of carbonyl (C=O) groups is 1. The highest BCUT2D eigenvalue weighted by Crippen LogP contribution is 2.27. The van der Waals surface area contributed by atoms with E-state index in [2.05, 4.69) is 6.08 Å². The molecule has 1 aromatic carbocycles. The zero-order chi connectivity index (χ0) is 17.2. The molecule has 2 aliphatic rings. The van der Waals surface area contributed by atoms with Crippen molar-refractivity contribution < 1.29 is 17.6 Å². The van der Waals surface area contributed by atoms with Crippen LogP contribution in [0.25, 0.3) is 0 Å². The van der Waals surface area contributed by atoms with Crippen LogP contribution >= 0.6 is 0 Å². The summed E-state index contributed by atoms with van der Waals surface area (Å²) in [7, 11) is -3.55. The molecule has 1 aliphatic carbocycles. The third-order valence-corrected chi connectivity index (χ3v) is 7.08. The average Bonchev–Trinajstić information content (AvgIpc) is 2.62. The van der Waals surface area contributed by atoms with Gasteiger partial charge in [-0.15, -0.1) is 0 Å². The number of likely N-dealkylation sites (tertiary alicyclic amines) is 1. The molecule has 6 heteroatoms. The molecular weight excluding hydrogens is 329 g/mol. The first kappa shape index (κ1) is 17.1. The third-order valence-electron chi connectivity index (χ3n) is 4.89. The molecular formula is C18H22FNO3S. The van der Waals surface area contributed by atoms with Gasteiger partial charge in [-0.1, -0.05) is 12.2 Å². The number of hydrogen-bond donors (Lipinski definition) is 0. The fourth-order valence-electron chi connectivity index (χ4n) is 3.48. The molecule has 1 heterocycles. The maximum Gasteiger partial charge on any atom is 0.226 e. The Morgan fingerprint density at radius 2 is 1.88 bits per heavy atom. The van der Waals surface area contributed by atoms with Gasteiger partial charge in [0.05, 0.1) is 10.1 Å². The molecule has 0 bridgehead atoms. The Morgan fingerprint density at radius 1 is 1.12 bits per heavy atom. The van der Waals surface area contributed by atoms with Gasteiger partial charge in [0.15, 0.2) is 9.84 Å². The summed E-state index contributed by atoms with van der Waals surface area (Å²) >= 11 is 0. The van der Waals surface area contributed by atoms with Crippen molar-refractivity contribution in [1.82, 2.24) is 4.90 Å². The molecule has 24 heavy (non-hydrogen) atoms. The van der Waals surface area contributed by atoms with Gasteiger partial charge in [0, 0.05) is 19.0 Å². The van der Waals surface area contributed by atoms with Crippen molar-refractivity contribution >= 4 is 15.7 Å². The van der Waals surface area contributed by atoms with Crippen molar-refractivity contribution in [2.45, 2.75) is 42.2 Å². The Balaban J connectivity index is 1.74. The SMILES string of the molecule is O=C(C1CC=CCC1)N1CCCC(S(=O)(=O)c2ccc(F)cc2)C1. The highest BCUT2D eigenvalue weighted by atomic mass is 32.2. The predicted molar refractivity (Wildman–Crippen MR) is 89.7 cm³/mol. The van der Waals surface area contributed by atoms with Gasteiger partial charge in [0.2, 0.25) is 5.91 Å². The van der Waals surface area contributed by atoms with E-state index in [1.165, 1.54) is 12.1 Å². The normalized spacial score (nSPS) is 24.8. The number of rotatable bonds is 3. The van der Waals surface area contributed by atoms with Gasteiger partial charge in [0.1, 0.15) is 5.82 Å². The second-order valence-corrected chi connectivity index (χ2v) is 8.76. The van der Waals surface area contributed by atoms with Crippen LogP contribution < -0.4 is 0 Å². The van der Waals surface area contributed by atoms with Crippen molar-refractivity contribution in [1.29, 1.82) is 0 Å². The molecule has 0 aromatic heterocycles. The van der Waals surface area contributed by atoms with Crippen LogP contribution in [0.4, 0.5) is 4.39 Å². The monoisotopic (exact) mass is 351 g/mol. The van der Waals surface area contributed by atoms with Gasteiger partial charge in [-0.25, -0.2) is 12.8 Å². The number of benzene rings is 1. The summed E-state index contributed by atoms with van der Waals surface area (Å²) in [5, 5.41) is -0.611. The molecule has 0 saturated carbocycles. The summed E-state index contributed by atoms with van der Waals surface area (Å²) in [5.41, 5.74) is 0. The smallest absolute Gasteiger partial charge is 0.226 e. The van der Waals surface area contributed by atoms with Crippen molar-refractivity contribution in [3.05, 3.63) is 42.2 Å². The summed E-state index contributed by atoms with van der Waals surface area (Å²) in [6.07, 6.45) is 7.81.